The molecule has 0 aliphatic heterocycles. The molecule has 0 amide bonds. The summed E-state index contributed by atoms with van der Waals surface area (Å²) in [4.78, 5) is 23.0. The van der Waals surface area contributed by atoms with Gasteiger partial charge in [0.1, 0.15) is 0 Å². The van der Waals surface area contributed by atoms with Crippen LogP contribution in [0, 0.1) is 13.8 Å². The molecule has 0 aliphatic rings. The van der Waals surface area contributed by atoms with Gasteiger partial charge < -0.3 is 0 Å². The molecule has 4 rings (SSSR count). The highest BCUT2D eigenvalue weighted by molar-refractivity contribution is 7.98. The molecule has 0 bridgehead atoms. The van der Waals surface area contributed by atoms with Crippen molar-refractivity contribution in [3.63, 3.8) is 0 Å². The number of aromatic amines is 1. The van der Waals surface area contributed by atoms with E-state index in [0.29, 0.717) is 10.9 Å². The third-order valence-corrected chi connectivity index (χ3v) is 5.53. The zero-order chi connectivity index (χ0) is 17.4. The minimum absolute atomic E-state index is 0.0551. The highest BCUT2D eigenvalue weighted by atomic mass is 32.2. The van der Waals surface area contributed by atoms with Gasteiger partial charge in [0.15, 0.2) is 10.8 Å². The molecule has 0 saturated carbocycles. The number of hydrogen-bond donors (Lipinski definition) is 1. The lowest BCUT2D eigenvalue weighted by Gasteiger charge is -2.00. The van der Waals surface area contributed by atoms with Crippen LogP contribution in [-0.4, -0.2) is 24.6 Å². The summed E-state index contributed by atoms with van der Waals surface area (Å²) in [7, 11) is 0. The number of thioether (sulfide) groups is 1. The average molecular weight is 369 g/mol. The van der Waals surface area contributed by atoms with Crippen molar-refractivity contribution in [2.45, 2.75) is 24.8 Å². The number of hydrogen-bond acceptors (Lipinski definition) is 6. The molecule has 25 heavy (non-hydrogen) atoms. The van der Waals surface area contributed by atoms with E-state index in [1.807, 2.05) is 44.3 Å². The second kappa shape index (κ2) is 6.45. The van der Waals surface area contributed by atoms with Crippen molar-refractivity contribution in [2.75, 3.05) is 0 Å². The van der Waals surface area contributed by atoms with Gasteiger partial charge in [-0.25, -0.2) is 9.97 Å². The number of aromatic nitrogens is 5. The van der Waals surface area contributed by atoms with Crippen molar-refractivity contribution >= 4 is 28.1 Å². The van der Waals surface area contributed by atoms with E-state index in [1.54, 1.807) is 10.5 Å². The summed E-state index contributed by atoms with van der Waals surface area (Å²) >= 11 is 2.97. The summed E-state index contributed by atoms with van der Waals surface area (Å²) < 4.78 is 1.58. The minimum Gasteiger partial charge on any atom is -0.269 e. The molecule has 0 saturated heterocycles. The Hall–Kier alpha value is -2.45. The van der Waals surface area contributed by atoms with Crippen LogP contribution >= 0.6 is 23.1 Å². The molecular formula is C17H15N5OS2. The minimum atomic E-state index is -0.0551. The van der Waals surface area contributed by atoms with Crippen LogP contribution < -0.4 is 5.56 Å². The van der Waals surface area contributed by atoms with Crippen LogP contribution in [0.3, 0.4) is 0 Å². The van der Waals surface area contributed by atoms with E-state index in [2.05, 4.69) is 20.2 Å². The van der Waals surface area contributed by atoms with Crippen molar-refractivity contribution in [2.24, 2.45) is 0 Å². The Labute approximate surface area is 152 Å². The molecule has 0 spiro atoms. The van der Waals surface area contributed by atoms with Gasteiger partial charge in [0, 0.05) is 28.5 Å². The predicted octanol–water partition coefficient (Wildman–Crippen LogP) is 3.45. The van der Waals surface area contributed by atoms with E-state index in [1.165, 1.54) is 23.1 Å². The van der Waals surface area contributed by atoms with E-state index in [4.69, 9.17) is 0 Å². The largest absolute Gasteiger partial charge is 0.269 e. The van der Waals surface area contributed by atoms with Crippen LogP contribution in [0.15, 0.2) is 46.5 Å². The second-order valence-electron chi connectivity index (χ2n) is 5.65. The summed E-state index contributed by atoms with van der Waals surface area (Å²) in [6.07, 6.45) is 1.82. The summed E-state index contributed by atoms with van der Waals surface area (Å²) in [5, 5.41) is 7.87. The molecule has 1 N–H and O–H groups in total. The fourth-order valence-corrected chi connectivity index (χ4v) is 4.08. The van der Waals surface area contributed by atoms with Crippen LogP contribution in [0.4, 0.5) is 0 Å². The first kappa shape index (κ1) is 16.0. The van der Waals surface area contributed by atoms with Gasteiger partial charge in [-0.3, -0.25) is 14.3 Å². The maximum Gasteiger partial charge on any atom is 0.258 e. The van der Waals surface area contributed by atoms with Crippen LogP contribution in [-0.2, 0) is 5.75 Å². The lowest BCUT2D eigenvalue weighted by molar-refractivity contribution is 0.969. The highest BCUT2D eigenvalue weighted by Gasteiger charge is 2.10. The number of H-pyrrole nitrogens is 1. The first-order valence-electron chi connectivity index (χ1n) is 7.70. The molecule has 8 heteroatoms. The van der Waals surface area contributed by atoms with Gasteiger partial charge in [-0.05, 0) is 19.4 Å². The molecular weight excluding hydrogens is 354 g/mol. The Morgan fingerprint density at radius 3 is 2.92 bits per heavy atom. The fraction of sp³-hybridized carbons (Fsp3) is 0.176. The van der Waals surface area contributed by atoms with Crippen LogP contribution in [0.2, 0.25) is 0 Å². The average Bonchev–Trinajstić information content (AvgIpc) is 3.19. The summed E-state index contributed by atoms with van der Waals surface area (Å²) in [5.41, 5.74) is 2.86. The quantitative estimate of drug-likeness (QED) is 0.558. The van der Waals surface area contributed by atoms with E-state index in [-0.39, 0.29) is 5.56 Å². The van der Waals surface area contributed by atoms with Crippen molar-refractivity contribution in [1.82, 2.24) is 24.6 Å². The van der Waals surface area contributed by atoms with Crippen molar-refractivity contribution in [3.05, 3.63) is 63.0 Å². The van der Waals surface area contributed by atoms with E-state index in [9.17, 15) is 4.79 Å². The van der Waals surface area contributed by atoms with Gasteiger partial charge in [-0.1, -0.05) is 36.0 Å². The van der Waals surface area contributed by atoms with Crippen LogP contribution in [0.25, 0.3) is 16.3 Å². The first-order chi connectivity index (χ1) is 12.1. The molecule has 0 radical (unpaired) electrons. The number of benzene rings is 1. The third-order valence-electron chi connectivity index (χ3n) is 3.75. The Kier molecular flexibility index (Phi) is 4.14. The van der Waals surface area contributed by atoms with Crippen molar-refractivity contribution in [3.8, 4) is 11.4 Å². The molecule has 6 nitrogen and oxygen atoms in total. The number of rotatable bonds is 4. The molecule has 0 fully saturated rings. The zero-order valence-electron chi connectivity index (χ0n) is 13.7. The Bertz CT molecular complexity index is 1110. The summed E-state index contributed by atoms with van der Waals surface area (Å²) in [5.74, 6) is 1.30. The number of nitrogens with zero attached hydrogens (tertiary/aromatic N) is 4. The molecule has 3 aromatic heterocycles. The Morgan fingerprint density at radius 1 is 1.24 bits per heavy atom. The van der Waals surface area contributed by atoms with Crippen molar-refractivity contribution in [1.29, 1.82) is 0 Å². The Balaban J connectivity index is 1.54. The standard InChI is InChI=1S/C17H15N5OS2/c1-10-5-3-4-6-13(10)15-19-16(21-20-15)24-9-12-7-14(23)22-8-11(2)25-17(22)18-12/h3-8H,9H2,1-2H3,(H,19,20,21). The molecule has 0 aliphatic carbocycles. The van der Waals surface area contributed by atoms with Gasteiger partial charge in [-0.15, -0.1) is 16.4 Å². The Morgan fingerprint density at radius 2 is 2.08 bits per heavy atom. The van der Waals surface area contributed by atoms with Gasteiger partial charge in [0.2, 0.25) is 5.16 Å². The van der Waals surface area contributed by atoms with Crippen LogP contribution in [0.1, 0.15) is 16.1 Å². The monoisotopic (exact) mass is 369 g/mol. The highest BCUT2D eigenvalue weighted by Crippen LogP contribution is 2.24. The SMILES string of the molecule is Cc1cn2c(=O)cc(CSc3n[nH]c(-c4ccccc4C)n3)nc2s1. The van der Waals surface area contributed by atoms with E-state index < -0.39 is 0 Å². The molecule has 3 heterocycles. The van der Waals surface area contributed by atoms with Crippen LogP contribution in [0.5, 0.6) is 0 Å². The molecule has 1 aromatic carbocycles. The number of fused-ring (bicyclic) bond motifs is 1. The first-order valence-corrected chi connectivity index (χ1v) is 9.50. The normalized spacial score (nSPS) is 11.3. The lowest BCUT2D eigenvalue weighted by Crippen LogP contribution is -2.12. The zero-order valence-corrected chi connectivity index (χ0v) is 15.3. The van der Waals surface area contributed by atoms with Gasteiger partial charge in [-0.2, -0.15) is 0 Å². The lowest BCUT2D eigenvalue weighted by atomic mass is 10.1. The maximum atomic E-state index is 12.1. The smallest absolute Gasteiger partial charge is 0.258 e. The number of nitrogens with one attached hydrogen (secondary N) is 1. The van der Waals surface area contributed by atoms with E-state index in [0.717, 1.165) is 32.5 Å². The molecule has 4 aromatic rings. The van der Waals surface area contributed by atoms with E-state index >= 15 is 0 Å². The van der Waals surface area contributed by atoms with Gasteiger partial charge in [0.05, 0.1) is 5.69 Å². The maximum absolute atomic E-state index is 12.1. The van der Waals surface area contributed by atoms with Gasteiger partial charge in [0.25, 0.3) is 5.56 Å². The number of thiazole rings is 1. The molecule has 0 unspecified atom stereocenters. The van der Waals surface area contributed by atoms with Gasteiger partial charge >= 0.3 is 0 Å². The number of aryl methyl sites for hydroxylation is 2. The fourth-order valence-electron chi connectivity index (χ4n) is 2.54. The predicted molar refractivity (Wildman–Crippen MR) is 100 cm³/mol. The second-order valence-corrected chi connectivity index (χ2v) is 7.81. The summed E-state index contributed by atoms with van der Waals surface area (Å²) in [6.45, 7) is 4.01. The topological polar surface area (TPSA) is 75.9 Å². The molecule has 0 atom stereocenters. The van der Waals surface area contributed by atoms with Crippen molar-refractivity contribution < 1.29 is 0 Å². The summed E-state index contributed by atoms with van der Waals surface area (Å²) in [6, 6.07) is 9.60. The molecule has 126 valence electrons. The third kappa shape index (κ3) is 3.22.